The van der Waals surface area contributed by atoms with Gasteiger partial charge in [0.1, 0.15) is 0 Å². The Bertz CT molecular complexity index is 595. The molecule has 132 valence electrons. The van der Waals surface area contributed by atoms with Gasteiger partial charge in [-0.25, -0.2) is 0 Å². The molecule has 2 bridgehead atoms. The number of methoxy groups -OCH3 is 1. The third-order valence-corrected chi connectivity index (χ3v) is 5.00. The number of rotatable bonds is 6. The summed E-state index contributed by atoms with van der Waals surface area (Å²) in [4.78, 5) is 23.8. The van der Waals surface area contributed by atoms with E-state index in [1.54, 1.807) is 0 Å². The molecule has 0 aromatic rings. The van der Waals surface area contributed by atoms with E-state index in [1.807, 2.05) is 0 Å². The lowest BCUT2D eigenvalue weighted by Gasteiger charge is -2.25. The second-order valence-electron chi connectivity index (χ2n) is 5.16. The highest BCUT2D eigenvalue weighted by atomic mass is 32.2. The minimum absolute atomic E-state index is 0.457. The molecular formula is C11H15F2NO8S. The predicted octanol–water partition coefficient (Wildman–Crippen LogP) is -0.691. The Kier molecular flexibility index (Phi) is 4.89. The Morgan fingerprint density at radius 2 is 1.74 bits per heavy atom. The smallest absolute Gasteiger partial charge is 0.404 e. The molecule has 2 fully saturated rings. The Balaban J connectivity index is 2.07. The second kappa shape index (κ2) is 6.26. The Labute approximate surface area is 130 Å². The summed E-state index contributed by atoms with van der Waals surface area (Å²) in [6, 6.07) is 0. The zero-order chi connectivity index (χ0) is 17.4. The van der Waals surface area contributed by atoms with Crippen LogP contribution in [0.15, 0.2) is 0 Å². The van der Waals surface area contributed by atoms with Gasteiger partial charge in [0.2, 0.25) is 0 Å². The maximum Gasteiger partial charge on any atom is 0.404 e. The van der Waals surface area contributed by atoms with Gasteiger partial charge in [0.25, 0.3) is 0 Å². The SMILES string of the molecule is COC(=O)C1C2CCC(O2)C1C(=O)OCC(F)(F)S(=O)(=O)ON. The van der Waals surface area contributed by atoms with E-state index in [9.17, 15) is 26.8 Å². The number of halogens is 2. The molecule has 4 unspecified atom stereocenters. The summed E-state index contributed by atoms with van der Waals surface area (Å²) in [6.07, 6.45) is -0.229. The lowest BCUT2D eigenvalue weighted by Crippen LogP contribution is -2.43. The van der Waals surface area contributed by atoms with Gasteiger partial charge in [0.05, 0.1) is 31.2 Å². The summed E-state index contributed by atoms with van der Waals surface area (Å²) in [7, 11) is -4.30. The summed E-state index contributed by atoms with van der Waals surface area (Å²) in [5.41, 5.74) is 0. The summed E-state index contributed by atoms with van der Waals surface area (Å²) >= 11 is 0. The van der Waals surface area contributed by atoms with Crippen LogP contribution in [0.5, 0.6) is 0 Å². The Hall–Kier alpha value is -1.37. The molecule has 12 heteroatoms. The van der Waals surface area contributed by atoms with Crippen LogP contribution < -0.4 is 5.90 Å². The fourth-order valence-electron chi connectivity index (χ4n) is 2.81. The molecule has 0 amide bonds. The number of esters is 2. The average Bonchev–Trinajstić information content (AvgIpc) is 3.12. The normalized spacial score (nSPS) is 30.3. The molecule has 2 N–H and O–H groups in total. The molecule has 0 aromatic heterocycles. The van der Waals surface area contributed by atoms with Crippen LogP contribution in [0, 0.1) is 11.8 Å². The zero-order valence-corrected chi connectivity index (χ0v) is 12.8. The van der Waals surface area contributed by atoms with Crippen LogP contribution in [0.1, 0.15) is 12.8 Å². The molecule has 0 aliphatic carbocycles. The highest BCUT2D eigenvalue weighted by molar-refractivity contribution is 7.87. The van der Waals surface area contributed by atoms with Gasteiger partial charge in [0, 0.05) is 0 Å². The third-order valence-electron chi connectivity index (χ3n) is 3.89. The Morgan fingerprint density at radius 1 is 1.22 bits per heavy atom. The number of fused-ring (bicyclic) bond motifs is 2. The van der Waals surface area contributed by atoms with Crippen molar-refractivity contribution in [2.45, 2.75) is 30.3 Å². The van der Waals surface area contributed by atoms with E-state index in [-0.39, 0.29) is 0 Å². The van der Waals surface area contributed by atoms with E-state index < -0.39 is 58.0 Å². The molecular weight excluding hydrogens is 344 g/mol. The number of hydrogen-bond acceptors (Lipinski definition) is 9. The van der Waals surface area contributed by atoms with Crippen LogP contribution in [0.2, 0.25) is 0 Å². The van der Waals surface area contributed by atoms with Crippen molar-refractivity contribution < 1.29 is 45.3 Å². The number of carbonyl (C=O) groups is 2. The van der Waals surface area contributed by atoms with Crippen LogP contribution in [0.3, 0.4) is 0 Å². The molecule has 2 aliphatic heterocycles. The van der Waals surface area contributed by atoms with Gasteiger partial charge in [-0.3, -0.25) is 9.59 Å². The first-order valence-electron chi connectivity index (χ1n) is 6.55. The molecule has 2 rings (SSSR count). The van der Waals surface area contributed by atoms with E-state index >= 15 is 0 Å². The van der Waals surface area contributed by atoms with Crippen molar-refractivity contribution in [1.29, 1.82) is 0 Å². The number of hydrogen-bond donors (Lipinski definition) is 1. The minimum atomic E-state index is -5.42. The van der Waals surface area contributed by atoms with Crippen molar-refractivity contribution in [2.24, 2.45) is 17.7 Å². The van der Waals surface area contributed by atoms with Crippen LogP contribution in [0.25, 0.3) is 0 Å². The maximum absolute atomic E-state index is 13.4. The Morgan fingerprint density at radius 3 is 2.22 bits per heavy atom. The third kappa shape index (κ3) is 3.16. The van der Waals surface area contributed by atoms with Crippen LogP contribution in [-0.4, -0.2) is 51.5 Å². The van der Waals surface area contributed by atoms with Gasteiger partial charge < -0.3 is 14.2 Å². The molecule has 2 aliphatic rings. The quantitative estimate of drug-likeness (QED) is 0.483. The molecule has 0 radical (unpaired) electrons. The van der Waals surface area contributed by atoms with E-state index in [2.05, 4.69) is 19.7 Å². The van der Waals surface area contributed by atoms with Crippen molar-refractivity contribution >= 4 is 22.1 Å². The van der Waals surface area contributed by atoms with E-state index in [0.717, 1.165) is 7.11 Å². The summed E-state index contributed by atoms with van der Waals surface area (Å²) in [6.45, 7) is -1.78. The predicted molar refractivity (Wildman–Crippen MR) is 67.0 cm³/mol. The number of alkyl halides is 2. The standard InChI is InChI=1S/C11H15F2NO8S/c1-19-9(15)7-5-2-3-6(21-5)8(7)10(16)20-4-11(12,13)23(17,18)22-14/h5-8H,2-4,14H2,1H3. The first-order chi connectivity index (χ1) is 10.6. The largest absolute Gasteiger partial charge is 0.469 e. The highest BCUT2D eigenvalue weighted by Crippen LogP contribution is 2.44. The van der Waals surface area contributed by atoms with Crippen LogP contribution >= 0.6 is 0 Å². The summed E-state index contributed by atoms with van der Waals surface area (Å²) in [5.74, 6) is 0.278. The molecule has 9 nitrogen and oxygen atoms in total. The maximum atomic E-state index is 13.4. The monoisotopic (exact) mass is 359 g/mol. The van der Waals surface area contributed by atoms with E-state index in [0.29, 0.717) is 12.8 Å². The highest BCUT2D eigenvalue weighted by Gasteiger charge is 2.57. The van der Waals surface area contributed by atoms with Gasteiger partial charge >= 0.3 is 27.3 Å². The molecule has 2 saturated heterocycles. The fraction of sp³-hybridized carbons (Fsp3) is 0.818. The second-order valence-corrected chi connectivity index (χ2v) is 6.86. The van der Waals surface area contributed by atoms with Crippen LogP contribution in [-0.2, 0) is 38.2 Å². The zero-order valence-electron chi connectivity index (χ0n) is 11.9. The van der Waals surface area contributed by atoms with E-state index in [4.69, 9.17) is 4.74 Å². The van der Waals surface area contributed by atoms with Gasteiger partial charge in [-0.15, -0.1) is 0 Å². The topological polar surface area (TPSA) is 131 Å². The molecule has 2 heterocycles. The molecule has 0 saturated carbocycles. The lowest BCUT2D eigenvalue weighted by molar-refractivity contribution is -0.163. The summed E-state index contributed by atoms with van der Waals surface area (Å²) < 4.78 is 66.1. The van der Waals surface area contributed by atoms with Gasteiger partial charge in [-0.1, -0.05) is 0 Å². The number of carbonyl (C=O) groups excluding carboxylic acids is 2. The number of nitrogens with two attached hydrogens (primary N) is 1. The van der Waals surface area contributed by atoms with Crippen molar-refractivity contribution in [2.75, 3.05) is 13.7 Å². The van der Waals surface area contributed by atoms with Gasteiger partial charge in [-0.2, -0.15) is 27.4 Å². The van der Waals surface area contributed by atoms with Crippen molar-refractivity contribution in [3.63, 3.8) is 0 Å². The minimum Gasteiger partial charge on any atom is -0.469 e. The fourth-order valence-corrected chi connectivity index (χ4v) is 3.15. The average molecular weight is 359 g/mol. The first kappa shape index (κ1) is 18.0. The molecule has 23 heavy (non-hydrogen) atoms. The summed E-state index contributed by atoms with van der Waals surface area (Å²) in [5, 5.41) is -4.52. The molecule has 0 aromatic carbocycles. The van der Waals surface area contributed by atoms with Crippen molar-refractivity contribution in [1.82, 2.24) is 0 Å². The molecule has 4 atom stereocenters. The molecule has 0 spiro atoms. The first-order valence-corrected chi connectivity index (χ1v) is 7.96. The lowest BCUT2D eigenvalue weighted by atomic mass is 9.79. The van der Waals surface area contributed by atoms with Crippen molar-refractivity contribution in [3.05, 3.63) is 0 Å². The van der Waals surface area contributed by atoms with Crippen molar-refractivity contribution in [3.8, 4) is 0 Å². The van der Waals surface area contributed by atoms with E-state index in [1.165, 1.54) is 0 Å². The number of ether oxygens (including phenoxy) is 3. The van der Waals surface area contributed by atoms with Gasteiger partial charge in [0.15, 0.2) is 6.61 Å². The van der Waals surface area contributed by atoms with Crippen LogP contribution in [0.4, 0.5) is 8.78 Å². The van der Waals surface area contributed by atoms with Gasteiger partial charge in [-0.05, 0) is 12.8 Å².